The minimum Gasteiger partial charge on any atom is -0.396 e. The van der Waals surface area contributed by atoms with Crippen molar-refractivity contribution in [1.82, 2.24) is 9.97 Å². The largest absolute Gasteiger partial charge is 0.396 e. The Hall–Kier alpha value is -3.30. The second-order valence-corrected chi connectivity index (χ2v) is 12.3. The molecule has 2 aromatic rings. The van der Waals surface area contributed by atoms with Crippen LogP contribution in [0.15, 0.2) is 24.3 Å². The summed E-state index contributed by atoms with van der Waals surface area (Å²) in [5.74, 6) is 4.84. The number of nitro groups is 1. The lowest BCUT2D eigenvalue weighted by molar-refractivity contribution is -0.384. The van der Waals surface area contributed by atoms with Gasteiger partial charge in [-0.1, -0.05) is 13.8 Å². The van der Waals surface area contributed by atoms with Crippen LogP contribution in [0.5, 0.6) is 0 Å². The number of nitrogens with one attached hydrogen (secondary N) is 2. The van der Waals surface area contributed by atoms with E-state index in [1.807, 2.05) is 6.07 Å². The van der Waals surface area contributed by atoms with Crippen molar-refractivity contribution in [2.75, 3.05) is 52.3 Å². The summed E-state index contributed by atoms with van der Waals surface area (Å²) in [7, 11) is 0. The number of rotatable bonds is 7. The molecule has 0 radical (unpaired) electrons. The molecule has 0 bridgehead atoms. The van der Waals surface area contributed by atoms with Crippen molar-refractivity contribution in [2.45, 2.75) is 90.1 Å². The molecule has 0 amide bonds. The van der Waals surface area contributed by atoms with E-state index in [0.29, 0.717) is 17.9 Å². The summed E-state index contributed by atoms with van der Waals surface area (Å²) in [6.45, 7) is 8.78. The fourth-order valence-corrected chi connectivity index (χ4v) is 5.59. The van der Waals surface area contributed by atoms with Gasteiger partial charge in [-0.3, -0.25) is 10.1 Å². The molecule has 0 spiro atoms. The molecule has 218 valence electrons. The first-order valence-electron chi connectivity index (χ1n) is 15.3. The topological polar surface area (TPSA) is 125 Å². The maximum Gasteiger partial charge on any atom is 0.311 e. The van der Waals surface area contributed by atoms with Crippen LogP contribution >= 0.6 is 0 Å². The van der Waals surface area contributed by atoms with Crippen molar-refractivity contribution in [1.29, 1.82) is 0 Å². The summed E-state index contributed by atoms with van der Waals surface area (Å²) in [6, 6.07) is 8.32. The van der Waals surface area contributed by atoms with Gasteiger partial charge in [0.15, 0.2) is 5.82 Å². The third-order valence-electron chi connectivity index (χ3n) is 9.07. The number of nitrogens with two attached hydrogens (primary N) is 1. The standard InChI is InChI=1S/C15H22N4O2.C15H24N4/c1-11-7-9-18(10-8-11)14-6-5-13(19(20)21)15(17-14)16-12-3-2-4-12;1-11-7-9-19(10-8-11)14-6-5-13(16)15(18-14)17-12-3-2-4-12/h5-6,11-12H,2-4,7-10H2,1H3,(H,16,17);5-6,11-12H,2-4,7-10,16H2,1H3,(H,17,18). The van der Waals surface area contributed by atoms with E-state index < -0.39 is 0 Å². The minimum atomic E-state index is -0.351. The third kappa shape index (κ3) is 7.06. The first-order valence-corrected chi connectivity index (χ1v) is 15.3. The number of nitrogens with zero attached hydrogens (tertiary/aromatic N) is 5. The van der Waals surface area contributed by atoms with Gasteiger partial charge in [-0.05, 0) is 94.2 Å². The molecule has 4 N–H and O–H groups in total. The van der Waals surface area contributed by atoms with Crippen molar-refractivity contribution in [2.24, 2.45) is 11.8 Å². The molecule has 4 heterocycles. The summed E-state index contributed by atoms with van der Waals surface area (Å²) < 4.78 is 0. The van der Waals surface area contributed by atoms with E-state index in [9.17, 15) is 10.1 Å². The fraction of sp³-hybridized carbons (Fsp3) is 0.667. The Morgan fingerprint density at radius 1 is 0.750 bits per heavy atom. The highest BCUT2D eigenvalue weighted by Gasteiger charge is 2.25. The summed E-state index contributed by atoms with van der Waals surface area (Å²) in [5.41, 5.74) is 6.87. The lowest BCUT2D eigenvalue weighted by Gasteiger charge is -2.32. The maximum absolute atomic E-state index is 11.2. The van der Waals surface area contributed by atoms with Gasteiger partial charge in [-0.2, -0.15) is 0 Å². The highest BCUT2D eigenvalue weighted by molar-refractivity contribution is 5.65. The van der Waals surface area contributed by atoms with Gasteiger partial charge >= 0.3 is 5.69 Å². The molecule has 4 aliphatic rings. The van der Waals surface area contributed by atoms with Crippen LogP contribution in [-0.4, -0.2) is 53.2 Å². The van der Waals surface area contributed by atoms with Crippen molar-refractivity contribution >= 4 is 34.6 Å². The number of piperidine rings is 2. The Bertz CT molecular complexity index is 1140. The van der Waals surface area contributed by atoms with Gasteiger partial charge in [-0.15, -0.1) is 0 Å². The minimum absolute atomic E-state index is 0.0797. The summed E-state index contributed by atoms with van der Waals surface area (Å²) >= 11 is 0. The monoisotopic (exact) mass is 550 g/mol. The normalized spacial score (nSPS) is 20.6. The van der Waals surface area contributed by atoms with E-state index >= 15 is 0 Å². The van der Waals surface area contributed by atoms with Crippen molar-refractivity contribution in [3.63, 3.8) is 0 Å². The molecular formula is C30H46N8O2. The van der Waals surface area contributed by atoms with Crippen LogP contribution in [0.4, 0.5) is 34.6 Å². The van der Waals surface area contributed by atoms with Gasteiger partial charge in [0.2, 0.25) is 5.82 Å². The molecule has 10 nitrogen and oxygen atoms in total. The Morgan fingerprint density at radius 3 is 1.65 bits per heavy atom. The first kappa shape index (κ1) is 28.2. The molecule has 0 unspecified atom stereocenters. The highest BCUT2D eigenvalue weighted by atomic mass is 16.6. The van der Waals surface area contributed by atoms with Gasteiger partial charge in [0.1, 0.15) is 11.6 Å². The van der Waals surface area contributed by atoms with Crippen molar-refractivity contribution in [3.8, 4) is 0 Å². The second-order valence-electron chi connectivity index (χ2n) is 12.3. The Morgan fingerprint density at radius 2 is 1.20 bits per heavy atom. The number of nitrogen functional groups attached to an aromatic ring is 1. The van der Waals surface area contributed by atoms with E-state index in [0.717, 1.165) is 86.8 Å². The third-order valence-corrected chi connectivity index (χ3v) is 9.07. The zero-order valence-electron chi connectivity index (χ0n) is 24.1. The molecule has 10 heteroatoms. The maximum atomic E-state index is 11.2. The van der Waals surface area contributed by atoms with E-state index in [-0.39, 0.29) is 10.6 Å². The number of hydrogen-bond acceptors (Lipinski definition) is 9. The fourth-order valence-electron chi connectivity index (χ4n) is 5.59. The number of anilines is 5. The van der Waals surface area contributed by atoms with Crippen molar-refractivity contribution < 1.29 is 4.92 Å². The van der Waals surface area contributed by atoms with Crippen LogP contribution in [0.25, 0.3) is 0 Å². The predicted molar refractivity (Wildman–Crippen MR) is 163 cm³/mol. The smallest absolute Gasteiger partial charge is 0.311 e. The van der Waals surface area contributed by atoms with E-state index in [2.05, 4.69) is 45.3 Å². The SMILES string of the molecule is CC1CCN(c2ccc(N)c(NC3CCC3)n2)CC1.CC1CCN(c2ccc([N+](=O)[O-])c(NC3CCC3)n2)CC1. The summed E-state index contributed by atoms with van der Waals surface area (Å²) in [4.78, 5) is 24.7. The summed E-state index contributed by atoms with van der Waals surface area (Å²) in [6.07, 6.45) is 12.0. The van der Waals surface area contributed by atoms with Crippen LogP contribution in [0.2, 0.25) is 0 Å². The molecular weight excluding hydrogens is 504 g/mol. The first-order chi connectivity index (χ1) is 19.4. The molecule has 2 aromatic heterocycles. The predicted octanol–water partition coefficient (Wildman–Crippen LogP) is 6.06. The molecule has 0 atom stereocenters. The zero-order chi connectivity index (χ0) is 28.1. The molecule has 2 aliphatic heterocycles. The quantitative estimate of drug-likeness (QED) is 0.279. The Kier molecular flexibility index (Phi) is 9.11. The van der Waals surface area contributed by atoms with Crippen LogP contribution in [-0.2, 0) is 0 Å². The molecule has 2 saturated heterocycles. The molecule has 2 saturated carbocycles. The average molecular weight is 551 g/mol. The second kappa shape index (κ2) is 12.9. The van der Waals surface area contributed by atoms with Crippen LogP contribution in [0.1, 0.15) is 78.1 Å². The number of aromatic nitrogens is 2. The molecule has 40 heavy (non-hydrogen) atoms. The van der Waals surface area contributed by atoms with E-state index in [4.69, 9.17) is 10.7 Å². The summed E-state index contributed by atoms with van der Waals surface area (Å²) in [5, 5.41) is 17.9. The average Bonchev–Trinajstić information content (AvgIpc) is 2.90. The van der Waals surface area contributed by atoms with Crippen LogP contribution in [0, 0.1) is 22.0 Å². The van der Waals surface area contributed by atoms with Gasteiger partial charge < -0.3 is 26.2 Å². The molecule has 4 fully saturated rings. The van der Waals surface area contributed by atoms with Gasteiger partial charge in [0, 0.05) is 44.3 Å². The lowest BCUT2D eigenvalue weighted by atomic mass is 9.93. The number of hydrogen-bond donors (Lipinski definition) is 3. The Balaban J connectivity index is 0.000000162. The number of pyridine rings is 2. The van der Waals surface area contributed by atoms with Crippen molar-refractivity contribution in [3.05, 3.63) is 34.4 Å². The molecule has 6 rings (SSSR count). The zero-order valence-corrected chi connectivity index (χ0v) is 24.1. The molecule has 0 aromatic carbocycles. The lowest BCUT2D eigenvalue weighted by Crippen LogP contribution is -2.34. The van der Waals surface area contributed by atoms with E-state index in [1.165, 1.54) is 38.5 Å². The van der Waals surface area contributed by atoms with Gasteiger partial charge in [-0.25, -0.2) is 9.97 Å². The van der Waals surface area contributed by atoms with E-state index in [1.54, 1.807) is 12.1 Å². The van der Waals surface area contributed by atoms with Gasteiger partial charge in [0.25, 0.3) is 0 Å². The van der Waals surface area contributed by atoms with Gasteiger partial charge in [0.05, 0.1) is 10.6 Å². The Labute approximate surface area is 238 Å². The van der Waals surface area contributed by atoms with Crippen LogP contribution < -0.4 is 26.2 Å². The highest BCUT2D eigenvalue weighted by Crippen LogP contribution is 2.32. The molecule has 2 aliphatic carbocycles. The van der Waals surface area contributed by atoms with Crippen LogP contribution in [0.3, 0.4) is 0 Å².